The number of nitrogens with zero attached hydrogens (tertiary/aromatic N) is 2. The maximum atomic E-state index is 12.0. The first-order chi connectivity index (χ1) is 8.69. The molecule has 0 spiro atoms. The number of carbonyl (C=O) groups is 1. The Balaban J connectivity index is 2.26. The Labute approximate surface area is 106 Å². The van der Waals surface area contributed by atoms with E-state index in [1.54, 1.807) is 24.1 Å². The molecule has 5 nitrogen and oxygen atoms in total. The van der Waals surface area contributed by atoms with Gasteiger partial charge in [0.25, 0.3) is 0 Å². The summed E-state index contributed by atoms with van der Waals surface area (Å²) in [7, 11) is 1.58. The van der Waals surface area contributed by atoms with Crippen molar-refractivity contribution in [2.45, 2.75) is 18.9 Å². The minimum Gasteiger partial charge on any atom is -0.497 e. The van der Waals surface area contributed by atoms with E-state index in [2.05, 4.69) is 6.07 Å². The predicted molar refractivity (Wildman–Crippen MR) is 67.1 cm³/mol. The summed E-state index contributed by atoms with van der Waals surface area (Å²) in [5, 5.41) is 8.53. The summed E-state index contributed by atoms with van der Waals surface area (Å²) in [5.41, 5.74) is 7.51. The largest absolute Gasteiger partial charge is 0.497 e. The van der Waals surface area contributed by atoms with Crippen LogP contribution in [0.1, 0.15) is 24.4 Å². The smallest absolute Gasteiger partial charge is 0.248 e. The molecule has 1 aliphatic rings. The van der Waals surface area contributed by atoms with Gasteiger partial charge in [-0.1, -0.05) is 0 Å². The zero-order valence-electron chi connectivity index (χ0n) is 10.2. The molecule has 5 heteroatoms. The molecule has 0 aliphatic carbocycles. The summed E-state index contributed by atoms with van der Waals surface area (Å²) in [6.07, 6.45) is 1.09. The van der Waals surface area contributed by atoms with Gasteiger partial charge in [-0.15, -0.1) is 0 Å². The lowest BCUT2D eigenvalue weighted by atomic mass is 10.1. The molecule has 1 aromatic rings. The molecule has 0 fully saturated rings. The zero-order valence-corrected chi connectivity index (χ0v) is 10.2. The number of carbonyl (C=O) groups excluding carboxylic acids is 1. The number of unbranched alkanes of at least 4 members (excludes halogenated alkanes) is 1. The normalized spacial score (nSPS) is 17.5. The van der Waals surface area contributed by atoms with Crippen LogP contribution in [0.25, 0.3) is 0 Å². The first-order valence-electron chi connectivity index (χ1n) is 5.81. The second-order valence-electron chi connectivity index (χ2n) is 4.15. The van der Waals surface area contributed by atoms with Crippen molar-refractivity contribution in [1.29, 1.82) is 5.26 Å². The Kier molecular flexibility index (Phi) is 3.49. The number of nitrogens with two attached hydrogens (primary N) is 1. The molecule has 18 heavy (non-hydrogen) atoms. The summed E-state index contributed by atoms with van der Waals surface area (Å²) in [6, 6.07) is 6.88. The SMILES string of the molecule is COc1ccc2c(c1)C(N)C(=O)N2CCCC#N. The lowest BCUT2D eigenvalue weighted by molar-refractivity contribution is -0.119. The van der Waals surface area contributed by atoms with Gasteiger partial charge in [0, 0.05) is 24.2 Å². The number of amides is 1. The van der Waals surface area contributed by atoms with Crippen LogP contribution >= 0.6 is 0 Å². The van der Waals surface area contributed by atoms with E-state index in [-0.39, 0.29) is 5.91 Å². The fraction of sp³-hybridized carbons (Fsp3) is 0.385. The van der Waals surface area contributed by atoms with E-state index in [9.17, 15) is 4.79 Å². The summed E-state index contributed by atoms with van der Waals surface area (Å²) in [6.45, 7) is 0.527. The standard InChI is InChI=1S/C13H15N3O2/c1-18-9-4-5-11-10(8-9)12(15)13(17)16(11)7-3-2-6-14/h4-5,8,12H,2-3,7,15H2,1H3. The van der Waals surface area contributed by atoms with Crippen LogP contribution in [0.4, 0.5) is 5.69 Å². The highest BCUT2D eigenvalue weighted by molar-refractivity contribution is 6.04. The van der Waals surface area contributed by atoms with Crippen molar-refractivity contribution in [1.82, 2.24) is 0 Å². The van der Waals surface area contributed by atoms with Crippen LogP contribution in [-0.2, 0) is 4.79 Å². The molecule has 1 atom stereocenters. The van der Waals surface area contributed by atoms with E-state index in [1.165, 1.54) is 0 Å². The van der Waals surface area contributed by atoms with Crippen LogP contribution in [0, 0.1) is 11.3 Å². The van der Waals surface area contributed by atoms with Crippen LogP contribution in [0.3, 0.4) is 0 Å². The molecule has 1 unspecified atom stereocenters. The average Bonchev–Trinajstić information content (AvgIpc) is 2.63. The van der Waals surface area contributed by atoms with Gasteiger partial charge >= 0.3 is 0 Å². The molecule has 0 bridgehead atoms. The van der Waals surface area contributed by atoms with Crippen LogP contribution in [0.2, 0.25) is 0 Å². The lowest BCUT2D eigenvalue weighted by Gasteiger charge is -2.16. The van der Waals surface area contributed by atoms with Gasteiger partial charge in [-0.05, 0) is 24.6 Å². The molecule has 2 rings (SSSR count). The Hall–Kier alpha value is -2.06. The van der Waals surface area contributed by atoms with Gasteiger partial charge in [-0.25, -0.2) is 0 Å². The van der Waals surface area contributed by atoms with Gasteiger partial charge in [0.05, 0.1) is 13.2 Å². The number of methoxy groups -OCH3 is 1. The molecular formula is C13H15N3O2. The van der Waals surface area contributed by atoms with Crippen molar-refractivity contribution >= 4 is 11.6 Å². The third-order valence-electron chi connectivity index (χ3n) is 3.06. The molecule has 94 valence electrons. The summed E-state index contributed by atoms with van der Waals surface area (Å²) >= 11 is 0. The maximum Gasteiger partial charge on any atom is 0.248 e. The number of anilines is 1. The molecule has 1 heterocycles. The average molecular weight is 245 g/mol. The summed E-state index contributed by atoms with van der Waals surface area (Å²) < 4.78 is 5.13. The molecule has 0 aromatic heterocycles. The van der Waals surface area contributed by atoms with Crippen molar-refractivity contribution in [3.63, 3.8) is 0 Å². The topological polar surface area (TPSA) is 79.3 Å². The molecule has 2 N–H and O–H groups in total. The van der Waals surface area contributed by atoms with Crippen molar-refractivity contribution in [3.8, 4) is 11.8 Å². The highest BCUT2D eigenvalue weighted by atomic mass is 16.5. The van der Waals surface area contributed by atoms with Crippen LogP contribution in [0.15, 0.2) is 18.2 Å². The quantitative estimate of drug-likeness (QED) is 0.812. The van der Waals surface area contributed by atoms with Crippen molar-refractivity contribution in [2.75, 3.05) is 18.6 Å². The second-order valence-corrected chi connectivity index (χ2v) is 4.15. The molecule has 1 amide bonds. The molecular weight excluding hydrogens is 230 g/mol. The second kappa shape index (κ2) is 5.07. The zero-order chi connectivity index (χ0) is 13.1. The third-order valence-corrected chi connectivity index (χ3v) is 3.06. The van der Waals surface area contributed by atoms with E-state index in [1.807, 2.05) is 6.07 Å². The van der Waals surface area contributed by atoms with Gasteiger partial charge in [-0.2, -0.15) is 5.26 Å². The number of fused-ring (bicyclic) bond motifs is 1. The molecule has 1 aromatic carbocycles. The van der Waals surface area contributed by atoms with E-state index in [0.717, 1.165) is 11.3 Å². The minimum atomic E-state index is -0.628. The lowest BCUT2D eigenvalue weighted by Crippen LogP contribution is -2.32. The van der Waals surface area contributed by atoms with E-state index in [0.29, 0.717) is 25.1 Å². The first kappa shape index (κ1) is 12.4. The molecule has 0 radical (unpaired) electrons. The maximum absolute atomic E-state index is 12.0. The minimum absolute atomic E-state index is 0.115. The molecule has 0 saturated carbocycles. The van der Waals surface area contributed by atoms with Crippen LogP contribution in [0.5, 0.6) is 5.75 Å². The van der Waals surface area contributed by atoms with E-state index < -0.39 is 6.04 Å². The highest BCUT2D eigenvalue weighted by Gasteiger charge is 2.34. The Morgan fingerprint density at radius 3 is 3.00 bits per heavy atom. The van der Waals surface area contributed by atoms with Gasteiger partial charge in [0.1, 0.15) is 11.8 Å². The van der Waals surface area contributed by atoms with Crippen LogP contribution in [-0.4, -0.2) is 19.6 Å². The van der Waals surface area contributed by atoms with Gasteiger partial charge in [-0.3, -0.25) is 4.79 Å². The van der Waals surface area contributed by atoms with Crippen molar-refractivity contribution in [3.05, 3.63) is 23.8 Å². The Morgan fingerprint density at radius 2 is 2.33 bits per heavy atom. The Bertz CT molecular complexity index is 507. The molecule has 1 aliphatic heterocycles. The van der Waals surface area contributed by atoms with Crippen LogP contribution < -0.4 is 15.4 Å². The number of rotatable bonds is 4. The number of hydrogen-bond acceptors (Lipinski definition) is 4. The fourth-order valence-corrected chi connectivity index (χ4v) is 2.12. The summed E-state index contributed by atoms with van der Waals surface area (Å²) in [4.78, 5) is 13.7. The van der Waals surface area contributed by atoms with Gasteiger partial charge in [0.15, 0.2) is 0 Å². The third kappa shape index (κ3) is 2.03. The number of benzene rings is 1. The molecule has 0 saturated heterocycles. The summed E-state index contributed by atoms with van der Waals surface area (Å²) in [5.74, 6) is 0.576. The van der Waals surface area contributed by atoms with Gasteiger partial charge in [0.2, 0.25) is 5.91 Å². The fourth-order valence-electron chi connectivity index (χ4n) is 2.12. The number of ether oxygens (including phenoxy) is 1. The number of nitriles is 1. The van der Waals surface area contributed by atoms with E-state index >= 15 is 0 Å². The van der Waals surface area contributed by atoms with Gasteiger partial charge < -0.3 is 15.4 Å². The first-order valence-corrected chi connectivity index (χ1v) is 5.81. The predicted octanol–water partition coefficient (Wildman–Crippen LogP) is 1.35. The van der Waals surface area contributed by atoms with E-state index in [4.69, 9.17) is 15.7 Å². The monoisotopic (exact) mass is 245 g/mol. The highest BCUT2D eigenvalue weighted by Crippen LogP contribution is 2.36. The van der Waals surface area contributed by atoms with Crippen molar-refractivity contribution in [2.24, 2.45) is 5.73 Å². The number of hydrogen-bond donors (Lipinski definition) is 1. The van der Waals surface area contributed by atoms with Crippen molar-refractivity contribution < 1.29 is 9.53 Å². The Morgan fingerprint density at radius 1 is 1.56 bits per heavy atom.